The molecule has 0 aliphatic heterocycles. The van der Waals surface area contributed by atoms with Crippen LogP contribution in [0.3, 0.4) is 0 Å². The average molecular weight is 372 g/mol. The van der Waals surface area contributed by atoms with Gasteiger partial charge in [0.15, 0.2) is 0 Å². The molecule has 0 aliphatic carbocycles. The summed E-state index contributed by atoms with van der Waals surface area (Å²) in [5.74, 6) is -3.10. The van der Waals surface area contributed by atoms with Crippen molar-refractivity contribution in [3.8, 4) is 0 Å². The predicted molar refractivity (Wildman–Crippen MR) is 92.9 cm³/mol. The van der Waals surface area contributed by atoms with E-state index in [0.717, 1.165) is 0 Å². The molecule has 0 spiro atoms. The molecule has 0 unspecified atom stereocenters. The highest BCUT2D eigenvalue weighted by atomic mass is 16.4. The molecule has 0 aromatic carbocycles. The Bertz CT molecular complexity index is 549. The lowest BCUT2D eigenvalue weighted by atomic mass is 10.0. The minimum absolute atomic E-state index is 0.0784. The molecule has 0 saturated heterocycles. The van der Waals surface area contributed by atoms with Gasteiger partial charge in [0.2, 0.25) is 23.6 Å². The molecule has 4 amide bonds. The van der Waals surface area contributed by atoms with Gasteiger partial charge in [-0.2, -0.15) is 0 Å². The average Bonchev–Trinajstić information content (AvgIpc) is 2.54. The van der Waals surface area contributed by atoms with Crippen LogP contribution in [0.5, 0.6) is 0 Å². The molecule has 0 aliphatic rings. The summed E-state index contributed by atoms with van der Waals surface area (Å²) in [4.78, 5) is 59.0. The third-order valence-corrected chi connectivity index (χ3v) is 3.65. The van der Waals surface area contributed by atoms with Crippen LogP contribution in [0.4, 0.5) is 0 Å². The molecule has 0 heterocycles. The number of hydrogen-bond acceptors (Lipinski definition) is 5. The van der Waals surface area contributed by atoms with Crippen molar-refractivity contribution in [3.05, 3.63) is 0 Å². The minimum atomic E-state index is -1.19. The molecule has 4 N–H and O–H groups in total. The van der Waals surface area contributed by atoms with E-state index in [-0.39, 0.29) is 18.4 Å². The van der Waals surface area contributed by atoms with Crippen LogP contribution in [0.1, 0.15) is 34.1 Å². The molecule has 148 valence electrons. The Morgan fingerprint density at radius 2 is 1.50 bits per heavy atom. The van der Waals surface area contributed by atoms with E-state index in [1.165, 1.54) is 25.8 Å². The van der Waals surface area contributed by atoms with Gasteiger partial charge in [0.25, 0.3) is 0 Å². The van der Waals surface area contributed by atoms with Gasteiger partial charge in [-0.3, -0.25) is 24.0 Å². The number of carboxylic acids is 1. The Kier molecular flexibility index (Phi) is 9.93. The molecule has 10 heteroatoms. The third-order valence-electron chi connectivity index (χ3n) is 3.65. The number of carbonyl (C=O) groups is 5. The first kappa shape index (κ1) is 23.4. The molecule has 0 rings (SSSR count). The highest BCUT2D eigenvalue weighted by Gasteiger charge is 2.24. The van der Waals surface area contributed by atoms with Crippen LogP contribution in [0, 0.1) is 5.92 Å². The van der Waals surface area contributed by atoms with E-state index >= 15 is 0 Å². The molecule has 0 bridgehead atoms. The number of rotatable bonds is 10. The largest absolute Gasteiger partial charge is 0.480 e. The van der Waals surface area contributed by atoms with Crippen molar-refractivity contribution in [2.45, 2.75) is 46.2 Å². The van der Waals surface area contributed by atoms with Crippen molar-refractivity contribution in [1.29, 1.82) is 0 Å². The van der Waals surface area contributed by atoms with Crippen LogP contribution in [-0.2, 0) is 24.0 Å². The lowest BCUT2D eigenvalue weighted by Gasteiger charge is -2.23. The first-order valence-electron chi connectivity index (χ1n) is 8.25. The van der Waals surface area contributed by atoms with Gasteiger partial charge in [-0.1, -0.05) is 13.8 Å². The first-order chi connectivity index (χ1) is 12.0. The van der Waals surface area contributed by atoms with Crippen molar-refractivity contribution in [1.82, 2.24) is 20.9 Å². The van der Waals surface area contributed by atoms with Crippen molar-refractivity contribution >= 4 is 29.6 Å². The number of likely N-dealkylation sites (N-methyl/N-ethyl adjacent to an activating group) is 1. The van der Waals surface area contributed by atoms with E-state index in [2.05, 4.69) is 16.0 Å². The highest BCUT2D eigenvalue weighted by Crippen LogP contribution is 2.05. The van der Waals surface area contributed by atoms with E-state index in [1.54, 1.807) is 0 Å². The first-order valence-corrected chi connectivity index (χ1v) is 8.25. The zero-order valence-electron chi connectivity index (χ0n) is 15.8. The monoisotopic (exact) mass is 372 g/mol. The van der Waals surface area contributed by atoms with E-state index in [9.17, 15) is 24.0 Å². The zero-order valence-corrected chi connectivity index (χ0v) is 15.8. The Balaban J connectivity index is 4.65. The Morgan fingerprint density at radius 1 is 0.962 bits per heavy atom. The van der Waals surface area contributed by atoms with Crippen molar-refractivity contribution in [2.24, 2.45) is 5.92 Å². The van der Waals surface area contributed by atoms with Gasteiger partial charge in [-0.05, 0) is 19.3 Å². The fraction of sp³-hybridized carbons (Fsp3) is 0.688. The molecule has 0 saturated carbocycles. The van der Waals surface area contributed by atoms with Crippen LogP contribution >= 0.6 is 0 Å². The lowest BCUT2D eigenvalue weighted by Crippen LogP contribution is -2.52. The van der Waals surface area contributed by atoms with Crippen LogP contribution in [0.15, 0.2) is 0 Å². The molecule has 0 radical (unpaired) electrons. The summed E-state index contributed by atoms with van der Waals surface area (Å²) in [7, 11) is 1.47. The second-order valence-corrected chi connectivity index (χ2v) is 6.38. The van der Waals surface area contributed by atoms with Gasteiger partial charge in [0.1, 0.15) is 18.6 Å². The van der Waals surface area contributed by atoms with Crippen LogP contribution in [-0.4, -0.2) is 71.8 Å². The third kappa shape index (κ3) is 9.00. The Morgan fingerprint density at radius 3 is 1.96 bits per heavy atom. The van der Waals surface area contributed by atoms with Crippen molar-refractivity contribution in [3.63, 3.8) is 0 Å². The number of nitrogens with zero attached hydrogens (tertiary/aromatic N) is 1. The normalized spacial score (nSPS) is 12.7. The summed E-state index contributed by atoms with van der Waals surface area (Å²) in [6.07, 6.45) is 0.314. The summed E-state index contributed by atoms with van der Waals surface area (Å²) in [5.41, 5.74) is 0. The number of amides is 4. The van der Waals surface area contributed by atoms with Gasteiger partial charge in [0.05, 0.1) is 6.54 Å². The lowest BCUT2D eigenvalue weighted by molar-refractivity contribution is -0.138. The van der Waals surface area contributed by atoms with E-state index in [4.69, 9.17) is 5.11 Å². The standard InChI is InChI=1S/C16H28N4O6/c1-9(2)6-12(16(26)18-8-14(23)24)19-13(22)7-17-15(25)10(3)20(5)11(4)21/h9-10,12H,6-8H2,1-5H3,(H,17,25)(H,18,26)(H,19,22)(H,23,24)/t10-,12-/m0/s1. The maximum atomic E-state index is 12.0. The highest BCUT2D eigenvalue weighted by molar-refractivity contribution is 5.92. The summed E-state index contributed by atoms with van der Waals surface area (Å²) in [6, 6.07) is -1.65. The van der Waals surface area contributed by atoms with Crippen LogP contribution in [0.25, 0.3) is 0 Å². The van der Waals surface area contributed by atoms with Crippen LogP contribution in [0.2, 0.25) is 0 Å². The number of hydrogen-bond donors (Lipinski definition) is 4. The van der Waals surface area contributed by atoms with Gasteiger partial charge in [0, 0.05) is 14.0 Å². The smallest absolute Gasteiger partial charge is 0.322 e. The molecule has 26 heavy (non-hydrogen) atoms. The number of nitrogens with one attached hydrogen (secondary N) is 3. The van der Waals surface area contributed by atoms with Crippen LogP contribution < -0.4 is 16.0 Å². The fourth-order valence-corrected chi connectivity index (χ4v) is 2.00. The summed E-state index contributed by atoms with van der Waals surface area (Å²) in [5, 5.41) is 15.7. The maximum absolute atomic E-state index is 12.0. The summed E-state index contributed by atoms with van der Waals surface area (Å²) >= 11 is 0. The molecule has 2 atom stereocenters. The van der Waals surface area contributed by atoms with E-state index in [0.29, 0.717) is 6.42 Å². The number of carboxylic acid groups (broad SMARTS) is 1. The van der Waals surface area contributed by atoms with Crippen molar-refractivity contribution < 1.29 is 29.1 Å². The molecule has 10 nitrogen and oxygen atoms in total. The summed E-state index contributed by atoms with van der Waals surface area (Å²) < 4.78 is 0. The molecule has 0 fully saturated rings. The SMILES string of the molecule is CC(=O)N(C)[C@@H](C)C(=O)NCC(=O)N[C@@H](CC(C)C)C(=O)NCC(=O)O. The molecular formula is C16H28N4O6. The molecule has 0 aromatic rings. The van der Waals surface area contributed by atoms with E-state index in [1.807, 2.05) is 13.8 Å². The topological polar surface area (TPSA) is 145 Å². The minimum Gasteiger partial charge on any atom is -0.480 e. The van der Waals surface area contributed by atoms with E-state index < -0.39 is 42.3 Å². The quantitative estimate of drug-likeness (QED) is 0.375. The molecular weight excluding hydrogens is 344 g/mol. The Hall–Kier alpha value is -2.65. The Labute approximate surface area is 152 Å². The number of aliphatic carboxylic acids is 1. The summed E-state index contributed by atoms with van der Waals surface area (Å²) in [6.45, 7) is 5.64. The number of carbonyl (C=O) groups excluding carboxylic acids is 4. The zero-order chi connectivity index (χ0) is 20.4. The molecule has 0 aromatic heterocycles. The van der Waals surface area contributed by atoms with Crippen molar-refractivity contribution in [2.75, 3.05) is 20.1 Å². The second-order valence-electron chi connectivity index (χ2n) is 6.38. The predicted octanol–water partition coefficient (Wildman–Crippen LogP) is -1.30. The van der Waals surface area contributed by atoms with Gasteiger partial charge in [-0.15, -0.1) is 0 Å². The fourth-order valence-electron chi connectivity index (χ4n) is 2.00. The van der Waals surface area contributed by atoms with Gasteiger partial charge >= 0.3 is 5.97 Å². The van der Waals surface area contributed by atoms with Gasteiger partial charge < -0.3 is 26.0 Å². The van der Waals surface area contributed by atoms with Gasteiger partial charge in [-0.25, -0.2) is 0 Å². The second kappa shape index (κ2) is 11.1. The maximum Gasteiger partial charge on any atom is 0.322 e.